The molecule has 1 saturated carbocycles. The molecule has 2 aliphatic carbocycles. The molecule has 1 aromatic carbocycles. The third kappa shape index (κ3) is 1.23. The summed E-state index contributed by atoms with van der Waals surface area (Å²) in [5.41, 5.74) is 2.64. The van der Waals surface area contributed by atoms with Crippen LogP contribution >= 0.6 is 0 Å². The molecule has 1 N–H and O–H groups in total. The molecule has 74 valence electrons. The molecular weight excluding hydrogens is 172 g/mol. The average Bonchev–Trinajstić information content (AvgIpc) is 2.47. The maximum absolute atomic E-state index is 9.81. The summed E-state index contributed by atoms with van der Waals surface area (Å²) in [6.45, 7) is 0. The van der Waals surface area contributed by atoms with Gasteiger partial charge in [0.25, 0.3) is 0 Å². The maximum Gasteiger partial charge on any atom is 0.119 e. The maximum atomic E-state index is 9.81. The van der Waals surface area contributed by atoms with Crippen molar-refractivity contribution in [3.05, 3.63) is 29.3 Å². The van der Waals surface area contributed by atoms with Crippen LogP contribution in [0.3, 0.4) is 0 Å². The fraction of sp³-hybridized carbons (Fsp3) is 0.538. The number of rotatable bonds is 0. The largest absolute Gasteiger partial charge is 0.508 e. The van der Waals surface area contributed by atoms with Crippen LogP contribution in [0.2, 0.25) is 0 Å². The van der Waals surface area contributed by atoms with Gasteiger partial charge >= 0.3 is 0 Å². The molecule has 0 saturated heterocycles. The summed E-state index contributed by atoms with van der Waals surface area (Å²) in [6, 6.07) is 6.00. The molecule has 2 aliphatic rings. The summed E-state index contributed by atoms with van der Waals surface area (Å²) < 4.78 is 0. The first-order chi connectivity index (χ1) is 6.83. The van der Waals surface area contributed by atoms with Gasteiger partial charge in [-0.1, -0.05) is 12.1 Å². The van der Waals surface area contributed by atoms with E-state index in [0.717, 1.165) is 18.3 Å². The van der Waals surface area contributed by atoms with Gasteiger partial charge < -0.3 is 5.11 Å². The number of fused-ring (bicyclic) bond motifs is 3. The summed E-state index contributed by atoms with van der Waals surface area (Å²) in [5, 5.41) is 9.81. The van der Waals surface area contributed by atoms with Crippen molar-refractivity contribution in [3.8, 4) is 5.75 Å². The minimum atomic E-state index is 0.523. The normalized spacial score (nSPS) is 29.7. The van der Waals surface area contributed by atoms with Crippen LogP contribution < -0.4 is 0 Å². The molecule has 2 bridgehead atoms. The number of aromatic hydroxyl groups is 1. The molecule has 2 unspecified atom stereocenters. The Kier molecular flexibility index (Phi) is 1.79. The molecule has 1 aromatic rings. The number of phenols is 1. The Morgan fingerprint density at radius 2 is 1.86 bits per heavy atom. The predicted octanol–water partition coefficient (Wildman–Crippen LogP) is 2.91. The van der Waals surface area contributed by atoms with E-state index in [0.29, 0.717) is 5.75 Å². The van der Waals surface area contributed by atoms with E-state index in [-0.39, 0.29) is 0 Å². The third-order valence-electron chi connectivity index (χ3n) is 3.90. The lowest BCUT2D eigenvalue weighted by Gasteiger charge is -2.14. The highest BCUT2D eigenvalue weighted by atomic mass is 16.3. The Bertz CT molecular complexity index is 356. The molecule has 0 aliphatic heterocycles. The summed E-state index contributed by atoms with van der Waals surface area (Å²) in [5.74, 6) is 2.26. The molecule has 1 fully saturated rings. The second-order valence-corrected chi connectivity index (χ2v) is 4.87. The van der Waals surface area contributed by atoms with Crippen molar-refractivity contribution in [2.45, 2.75) is 32.1 Å². The zero-order valence-corrected chi connectivity index (χ0v) is 8.37. The molecule has 0 spiro atoms. The molecule has 0 amide bonds. The lowest BCUT2D eigenvalue weighted by atomic mass is 9.93. The van der Waals surface area contributed by atoms with Crippen LogP contribution in [0.5, 0.6) is 5.75 Å². The topological polar surface area (TPSA) is 20.2 Å². The fourth-order valence-electron chi connectivity index (χ4n) is 3.20. The van der Waals surface area contributed by atoms with Crippen molar-refractivity contribution in [2.75, 3.05) is 0 Å². The molecule has 0 heterocycles. The summed E-state index contributed by atoms with van der Waals surface area (Å²) in [4.78, 5) is 0. The van der Waals surface area contributed by atoms with Gasteiger partial charge in [0.1, 0.15) is 5.75 Å². The van der Waals surface area contributed by atoms with Gasteiger partial charge in [0, 0.05) is 0 Å². The van der Waals surface area contributed by atoms with Gasteiger partial charge in [0.2, 0.25) is 0 Å². The van der Waals surface area contributed by atoms with Gasteiger partial charge in [-0.15, -0.1) is 0 Å². The van der Waals surface area contributed by atoms with Gasteiger partial charge in [-0.3, -0.25) is 0 Å². The monoisotopic (exact) mass is 188 g/mol. The molecule has 1 nitrogen and oxygen atoms in total. The molecule has 3 rings (SSSR count). The van der Waals surface area contributed by atoms with Gasteiger partial charge in [-0.25, -0.2) is 0 Å². The van der Waals surface area contributed by atoms with E-state index in [1.165, 1.54) is 36.8 Å². The zero-order valence-electron chi connectivity index (χ0n) is 8.37. The van der Waals surface area contributed by atoms with Crippen LogP contribution in [0.15, 0.2) is 18.2 Å². The van der Waals surface area contributed by atoms with E-state index < -0.39 is 0 Å². The van der Waals surface area contributed by atoms with E-state index in [1.807, 2.05) is 12.1 Å². The summed E-state index contributed by atoms with van der Waals surface area (Å²) in [7, 11) is 0. The molecule has 0 radical (unpaired) electrons. The van der Waals surface area contributed by atoms with Crippen LogP contribution in [-0.4, -0.2) is 5.11 Å². The Morgan fingerprint density at radius 1 is 1.07 bits per heavy atom. The number of benzene rings is 1. The summed E-state index contributed by atoms with van der Waals surface area (Å²) >= 11 is 0. The van der Waals surface area contributed by atoms with Crippen molar-refractivity contribution >= 4 is 0 Å². The Balaban J connectivity index is 2.06. The first kappa shape index (κ1) is 8.34. The van der Waals surface area contributed by atoms with Gasteiger partial charge in [0.05, 0.1) is 0 Å². The molecule has 1 heteroatoms. The minimum absolute atomic E-state index is 0.523. The van der Waals surface area contributed by atoms with E-state index in [1.54, 1.807) is 0 Å². The first-order valence-corrected chi connectivity index (χ1v) is 5.62. The Labute approximate surface area is 84.8 Å². The van der Waals surface area contributed by atoms with E-state index in [9.17, 15) is 5.11 Å². The van der Waals surface area contributed by atoms with Crippen LogP contribution in [0.4, 0.5) is 0 Å². The number of phenolic OH excluding ortho intramolecular Hbond substituents is 1. The highest BCUT2D eigenvalue weighted by molar-refractivity contribution is 5.40. The van der Waals surface area contributed by atoms with Crippen molar-refractivity contribution in [1.82, 2.24) is 0 Å². The summed E-state index contributed by atoms with van der Waals surface area (Å²) in [6.07, 6.45) is 6.46. The van der Waals surface area contributed by atoms with Crippen LogP contribution in [0.25, 0.3) is 0 Å². The number of hydrogen-bond acceptors (Lipinski definition) is 1. The average molecular weight is 188 g/mol. The quantitative estimate of drug-likeness (QED) is 0.663. The second-order valence-electron chi connectivity index (χ2n) is 4.87. The molecule has 14 heavy (non-hydrogen) atoms. The first-order valence-electron chi connectivity index (χ1n) is 5.62. The van der Waals surface area contributed by atoms with E-state index in [2.05, 4.69) is 6.07 Å². The molecule has 2 atom stereocenters. The standard InChI is InChI=1S/C13H16O/c14-13-3-1-2-11-7-9-4-5-10(6-9)8-12(11)13/h1-3,9-10,14H,4-8H2. The lowest BCUT2D eigenvalue weighted by Crippen LogP contribution is -2.01. The lowest BCUT2D eigenvalue weighted by molar-refractivity contribution is 0.456. The van der Waals surface area contributed by atoms with Crippen LogP contribution in [0, 0.1) is 11.8 Å². The Morgan fingerprint density at radius 3 is 2.71 bits per heavy atom. The fourth-order valence-corrected chi connectivity index (χ4v) is 3.20. The smallest absolute Gasteiger partial charge is 0.119 e. The highest BCUT2D eigenvalue weighted by Gasteiger charge is 2.30. The highest BCUT2D eigenvalue weighted by Crippen LogP contribution is 2.41. The van der Waals surface area contributed by atoms with Crippen LogP contribution in [-0.2, 0) is 12.8 Å². The minimum Gasteiger partial charge on any atom is -0.508 e. The SMILES string of the molecule is Oc1cccc2c1CC1CCC(C2)C1. The van der Waals surface area contributed by atoms with Crippen molar-refractivity contribution in [3.63, 3.8) is 0 Å². The van der Waals surface area contributed by atoms with E-state index >= 15 is 0 Å². The van der Waals surface area contributed by atoms with Crippen molar-refractivity contribution in [2.24, 2.45) is 11.8 Å². The van der Waals surface area contributed by atoms with Crippen molar-refractivity contribution < 1.29 is 5.11 Å². The number of hydrogen-bond donors (Lipinski definition) is 1. The third-order valence-corrected chi connectivity index (χ3v) is 3.90. The van der Waals surface area contributed by atoms with Gasteiger partial charge in [-0.2, -0.15) is 0 Å². The van der Waals surface area contributed by atoms with E-state index in [4.69, 9.17) is 0 Å². The zero-order chi connectivity index (χ0) is 9.54. The van der Waals surface area contributed by atoms with Crippen LogP contribution in [0.1, 0.15) is 30.4 Å². The second kappa shape index (κ2) is 3.01. The predicted molar refractivity (Wildman–Crippen MR) is 56.3 cm³/mol. The molecular formula is C13H16O. The van der Waals surface area contributed by atoms with Gasteiger partial charge in [0.15, 0.2) is 0 Å². The van der Waals surface area contributed by atoms with Crippen molar-refractivity contribution in [1.29, 1.82) is 0 Å². The molecule has 0 aromatic heterocycles. The Hall–Kier alpha value is -0.980. The van der Waals surface area contributed by atoms with Gasteiger partial charge in [-0.05, 0) is 61.1 Å².